The second-order valence-electron chi connectivity index (χ2n) is 6.51. The van der Waals surface area contributed by atoms with Crippen molar-refractivity contribution in [2.24, 2.45) is 4.99 Å². The maximum Gasteiger partial charge on any atom is 0.223 e. The number of carbonyl (C=O) groups is 1. The molecule has 0 saturated carbocycles. The van der Waals surface area contributed by atoms with Gasteiger partial charge in [-0.3, -0.25) is 9.79 Å². The lowest BCUT2D eigenvalue weighted by Crippen LogP contribution is -2.38. The van der Waals surface area contributed by atoms with E-state index in [-0.39, 0.29) is 5.91 Å². The number of fused-ring (bicyclic) bond motifs is 1. The van der Waals surface area contributed by atoms with Crippen LogP contribution >= 0.6 is 0 Å². The molecule has 2 rings (SSSR count). The second-order valence-corrected chi connectivity index (χ2v) is 6.51. The number of hydrogen-bond donors (Lipinski definition) is 2. The molecule has 150 valence electrons. The van der Waals surface area contributed by atoms with Gasteiger partial charge in [0.05, 0.1) is 13.2 Å². The number of nitrogens with one attached hydrogen (secondary N) is 2. The Labute approximate surface area is 162 Å². The zero-order valence-corrected chi connectivity index (χ0v) is 16.5. The van der Waals surface area contributed by atoms with E-state index >= 15 is 0 Å². The summed E-state index contributed by atoms with van der Waals surface area (Å²) in [4.78, 5) is 18.5. The Balaban J connectivity index is 1.53. The Morgan fingerprint density at radius 2 is 1.74 bits per heavy atom. The number of aliphatic imine (C=N–C) groups is 1. The molecule has 0 saturated heterocycles. The van der Waals surface area contributed by atoms with Crippen molar-refractivity contribution in [2.45, 2.75) is 32.4 Å². The summed E-state index contributed by atoms with van der Waals surface area (Å²) >= 11 is 0. The van der Waals surface area contributed by atoms with Gasteiger partial charge in [0.15, 0.2) is 5.96 Å². The third-order valence-corrected chi connectivity index (χ3v) is 4.47. The highest BCUT2D eigenvalue weighted by atomic mass is 16.5. The van der Waals surface area contributed by atoms with Gasteiger partial charge in [-0.1, -0.05) is 24.3 Å². The van der Waals surface area contributed by atoms with Crippen LogP contribution in [0, 0.1) is 0 Å². The van der Waals surface area contributed by atoms with Gasteiger partial charge in [-0.25, -0.2) is 0 Å². The molecular formula is C20H32N4O3. The molecule has 1 aromatic rings. The van der Waals surface area contributed by atoms with E-state index in [9.17, 15) is 4.79 Å². The van der Waals surface area contributed by atoms with E-state index in [1.807, 2.05) is 17.0 Å². The minimum atomic E-state index is 0.212. The quantitative estimate of drug-likeness (QED) is 0.348. The molecule has 7 heteroatoms. The van der Waals surface area contributed by atoms with Gasteiger partial charge in [0.2, 0.25) is 5.91 Å². The van der Waals surface area contributed by atoms with Crippen LogP contribution in [0.2, 0.25) is 0 Å². The molecule has 1 aliphatic rings. The van der Waals surface area contributed by atoms with Gasteiger partial charge in [-0.2, -0.15) is 0 Å². The van der Waals surface area contributed by atoms with E-state index in [1.54, 1.807) is 14.2 Å². The molecule has 1 amide bonds. The first-order valence-corrected chi connectivity index (χ1v) is 9.60. The Bertz CT molecular complexity index is 582. The third-order valence-electron chi connectivity index (χ3n) is 4.47. The Kier molecular flexibility index (Phi) is 9.65. The van der Waals surface area contributed by atoms with Crippen molar-refractivity contribution < 1.29 is 14.3 Å². The van der Waals surface area contributed by atoms with E-state index in [0.29, 0.717) is 26.2 Å². The normalized spacial score (nSPS) is 13.6. The van der Waals surface area contributed by atoms with Gasteiger partial charge in [0.25, 0.3) is 0 Å². The maximum absolute atomic E-state index is 12.4. The molecule has 0 aromatic heterocycles. The van der Waals surface area contributed by atoms with Gasteiger partial charge in [-0.15, -0.1) is 0 Å². The fourth-order valence-electron chi connectivity index (χ4n) is 2.96. The first kappa shape index (κ1) is 21.2. The Hall–Kier alpha value is -2.12. The molecule has 0 spiro atoms. The molecule has 0 radical (unpaired) electrons. The Morgan fingerprint density at radius 1 is 1.07 bits per heavy atom. The van der Waals surface area contributed by atoms with E-state index in [4.69, 9.17) is 9.47 Å². The lowest BCUT2D eigenvalue weighted by Gasteiger charge is -2.16. The number of rotatable bonds is 11. The van der Waals surface area contributed by atoms with Crippen molar-refractivity contribution >= 4 is 11.9 Å². The summed E-state index contributed by atoms with van der Waals surface area (Å²) < 4.78 is 10.3. The zero-order valence-electron chi connectivity index (χ0n) is 16.5. The molecule has 0 aliphatic carbocycles. The largest absolute Gasteiger partial charge is 0.382 e. The minimum Gasteiger partial charge on any atom is -0.382 e. The number of hydrogen-bond acceptors (Lipinski definition) is 4. The maximum atomic E-state index is 12.4. The van der Waals surface area contributed by atoms with Crippen molar-refractivity contribution in [1.82, 2.24) is 15.5 Å². The molecular weight excluding hydrogens is 344 g/mol. The van der Waals surface area contributed by atoms with Crippen LogP contribution in [0.25, 0.3) is 0 Å². The number of methoxy groups -OCH3 is 1. The highest BCUT2D eigenvalue weighted by molar-refractivity contribution is 5.80. The molecule has 0 unspecified atom stereocenters. The standard InChI is InChI=1S/C20H32N4O3/c1-21-20(23-11-6-12-27-14-13-26-2)22-10-5-9-19(25)24-15-17-7-3-4-8-18(17)16-24/h3-4,7-8H,5-6,9-16H2,1-2H3,(H2,21,22,23). The van der Waals surface area contributed by atoms with Crippen LogP contribution < -0.4 is 10.6 Å². The van der Waals surface area contributed by atoms with Crippen LogP contribution in [0.3, 0.4) is 0 Å². The average Bonchev–Trinajstić information content (AvgIpc) is 3.13. The predicted molar refractivity (Wildman–Crippen MR) is 107 cm³/mol. The van der Waals surface area contributed by atoms with E-state index in [0.717, 1.165) is 45.0 Å². The molecule has 2 N–H and O–H groups in total. The third kappa shape index (κ3) is 7.56. The monoisotopic (exact) mass is 376 g/mol. The van der Waals surface area contributed by atoms with Crippen molar-refractivity contribution in [2.75, 3.05) is 47.1 Å². The molecule has 7 nitrogen and oxygen atoms in total. The summed E-state index contributed by atoms with van der Waals surface area (Å²) in [6.07, 6.45) is 2.23. The molecule has 0 bridgehead atoms. The highest BCUT2D eigenvalue weighted by Crippen LogP contribution is 2.22. The van der Waals surface area contributed by atoms with Crippen molar-refractivity contribution in [1.29, 1.82) is 0 Å². The first-order chi connectivity index (χ1) is 13.2. The van der Waals surface area contributed by atoms with Crippen LogP contribution in [-0.2, 0) is 27.4 Å². The number of benzene rings is 1. The van der Waals surface area contributed by atoms with Crippen LogP contribution in [0.1, 0.15) is 30.4 Å². The molecule has 27 heavy (non-hydrogen) atoms. The van der Waals surface area contributed by atoms with Gasteiger partial charge in [-0.05, 0) is 24.0 Å². The number of ether oxygens (including phenoxy) is 2. The van der Waals surface area contributed by atoms with Gasteiger partial charge >= 0.3 is 0 Å². The number of amides is 1. The van der Waals surface area contributed by atoms with Crippen LogP contribution in [-0.4, -0.2) is 63.8 Å². The van der Waals surface area contributed by atoms with Crippen LogP contribution in [0.15, 0.2) is 29.3 Å². The van der Waals surface area contributed by atoms with E-state index < -0.39 is 0 Å². The summed E-state index contributed by atoms with van der Waals surface area (Å²) in [6, 6.07) is 8.26. The fourth-order valence-corrected chi connectivity index (χ4v) is 2.96. The van der Waals surface area contributed by atoms with Crippen molar-refractivity contribution in [3.05, 3.63) is 35.4 Å². The smallest absolute Gasteiger partial charge is 0.223 e. The topological polar surface area (TPSA) is 75.2 Å². The number of carbonyl (C=O) groups excluding carboxylic acids is 1. The van der Waals surface area contributed by atoms with Crippen molar-refractivity contribution in [3.8, 4) is 0 Å². The summed E-state index contributed by atoms with van der Waals surface area (Å²) in [5.74, 6) is 0.970. The highest BCUT2D eigenvalue weighted by Gasteiger charge is 2.22. The molecule has 1 aliphatic heterocycles. The predicted octanol–water partition coefficient (Wildman–Crippen LogP) is 1.53. The van der Waals surface area contributed by atoms with Crippen LogP contribution in [0.5, 0.6) is 0 Å². The first-order valence-electron chi connectivity index (χ1n) is 9.60. The lowest BCUT2D eigenvalue weighted by molar-refractivity contribution is -0.131. The average molecular weight is 377 g/mol. The summed E-state index contributed by atoms with van der Waals surface area (Å²) in [7, 11) is 3.41. The van der Waals surface area contributed by atoms with Gasteiger partial charge < -0.3 is 25.0 Å². The van der Waals surface area contributed by atoms with E-state index in [2.05, 4.69) is 27.8 Å². The second kappa shape index (κ2) is 12.3. The molecule has 1 aromatic carbocycles. The summed E-state index contributed by atoms with van der Waals surface area (Å²) in [6.45, 7) is 4.92. The van der Waals surface area contributed by atoms with E-state index in [1.165, 1.54) is 11.1 Å². The van der Waals surface area contributed by atoms with Gasteiger partial charge in [0, 0.05) is 53.4 Å². The van der Waals surface area contributed by atoms with Crippen LogP contribution in [0.4, 0.5) is 0 Å². The van der Waals surface area contributed by atoms with Crippen molar-refractivity contribution in [3.63, 3.8) is 0 Å². The van der Waals surface area contributed by atoms with Gasteiger partial charge in [0.1, 0.15) is 0 Å². The molecule has 1 heterocycles. The number of nitrogens with zero attached hydrogens (tertiary/aromatic N) is 2. The zero-order chi connectivity index (χ0) is 19.3. The minimum absolute atomic E-state index is 0.212. The lowest BCUT2D eigenvalue weighted by atomic mass is 10.1. The fraction of sp³-hybridized carbons (Fsp3) is 0.600. The SMILES string of the molecule is CN=C(NCCCOCCOC)NCCCC(=O)N1Cc2ccccc2C1. The summed E-state index contributed by atoms with van der Waals surface area (Å²) in [5, 5.41) is 6.50. The molecule has 0 fully saturated rings. The molecule has 0 atom stereocenters. The Morgan fingerprint density at radius 3 is 2.37 bits per heavy atom. The summed E-state index contributed by atoms with van der Waals surface area (Å²) in [5.41, 5.74) is 2.53. The number of guanidine groups is 1.